The number of hydrogen-bond acceptors (Lipinski definition) is 7. The molecule has 3 rings (SSSR count). The minimum Gasteiger partial charge on any atom is -0.469 e. The van der Waals surface area contributed by atoms with Crippen molar-refractivity contribution < 1.29 is 24.2 Å². The van der Waals surface area contributed by atoms with E-state index in [1.807, 2.05) is 27.0 Å². The van der Waals surface area contributed by atoms with Crippen LogP contribution in [0.25, 0.3) is 0 Å². The number of nitrogens with one attached hydrogen (secondary N) is 1. The number of ether oxygens (including phenoxy) is 1. The van der Waals surface area contributed by atoms with E-state index in [0.717, 1.165) is 31.4 Å². The quantitative estimate of drug-likeness (QED) is 0.643. The number of likely N-dealkylation sites (tertiary alicyclic amines) is 1. The molecule has 1 aliphatic heterocycles. The lowest BCUT2D eigenvalue weighted by molar-refractivity contribution is -0.146. The van der Waals surface area contributed by atoms with Crippen LogP contribution in [0.4, 0.5) is 0 Å². The third-order valence-electron chi connectivity index (χ3n) is 6.64. The Kier molecular flexibility index (Phi) is 7.22. The summed E-state index contributed by atoms with van der Waals surface area (Å²) in [6.07, 6.45) is 4.40. The monoisotopic (exact) mass is 449 g/mol. The van der Waals surface area contributed by atoms with Gasteiger partial charge < -0.3 is 20.1 Å². The summed E-state index contributed by atoms with van der Waals surface area (Å²) in [6, 6.07) is -1.38. The molecule has 0 bridgehead atoms. The Hall–Kier alpha value is -2.49. The minimum atomic E-state index is -0.738. The molecule has 2 heterocycles. The lowest BCUT2D eigenvalue weighted by Crippen LogP contribution is -2.49. The highest BCUT2D eigenvalue weighted by Crippen LogP contribution is 2.38. The highest BCUT2D eigenvalue weighted by molar-refractivity contribution is 5.90. The average Bonchev–Trinajstić information content (AvgIpc) is 3.38. The van der Waals surface area contributed by atoms with Gasteiger partial charge in [0, 0.05) is 32.1 Å². The van der Waals surface area contributed by atoms with E-state index in [9.17, 15) is 19.5 Å². The summed E-state index contributed by atoms with van der Waals surface area (Å²) in [7, 11) is 2.94. The summed E-state index contributed by atoms with van der Waals surface area (Å²) in [5, 5.41) is 21.4. The van der Waals surface area contributed by atoms with Crippen molar-refractivity contribution in [1.82, 2.24) is 25.2 Å². The fourth-order valence-electron chi connectivity index (χ4n) is 4.91. The van der Waals surface area contributed by atoms with Crippen LogP contribution in [-0.4, -0.2) is 75.6 Å². The summed E-state index contributed by atoms with van der Waals surface area (Å²) >= 11 is 0. The maximum atomic E-state index is 13.6. The van der Waals surface area contributed by atoms with Gasteiger partial charge in [-0.15, -0.1) is 5.10 Å². The summed E-state index contributed by atoms with van der Waals surface area (Å²) in [5.41, 5.74) is 0.311. The van der Waals surface area contributed by atoms with E-state index in [0.29, 0.717) is 0 Å². The third-order valence-corrected chi connectivity index (χ3v) is 6.64. The number of esters is 1. The Labute approximate surface area is 188 Å². The molecule has 10 heteroatoms. The van der Waals surface area contributed by atoms with Gasteiger partial charge in [0.05, 0.1) is 24.8 Å². The van der Waals surface area contributed by atoms with Gasteiger partial charge in [-0.25, -0.2) is 4.68 Å². The fraction of sp³-hybridized carbons (Fsp3) is 0.773. The number of methoxy groups -OCH3 is 1. The Morgan fingerprint density at radius 2 is 1.88 bits per heavy atom. The summed E-state index contributed by atoms with van der Waals surface area (Å²) in [6.45, 7) is 5.95. The number of hydrogen-bond donors (Lipinski definition) is 2. The van der Waals surface area contributed by atoms with Gasteiger partial charge in [0.15, 0.2) is 0 Å². The molecule has 2 fully saturated rings. The number of aliphatic hydroxyl groups excluding tert-OH is 1. The largest absolute Gasteiger partial charge is 0.469 e. The molecule has 0 aromatic carbocycles. The van der Waals surface area contributed by atoms with E-state index < -0.39 is 23.6 Å². The summed E-state index contributed by atoms with van der Waals surface area (Å²) < 4.78 is 6.45. The van der Waals surface area contributed by atoms with E-state index >= 15 is 0 Å². The van der Waals surface area contributed by atoms with Gasteiger partial charge in [-0.3, -0.25) is 14.4 Å². The van der Waals surface area contributed by atoms with Crippen LogP contribution in [-0.2, 0) is 19.1 Å². The third kappa shape index (κ3) is 4.95. The van der Waals surface area contributed by atoms with Gasteiger partial charge in [-0.1, -0.05) is 26.0 Å². The molecule has 1 aromatic heterocycles. The molecule has 2 amide bonds. The first kappa shape index (κ1) is 24.2. The normalized spacial score (nSPS) is 27.1. The molecule has 0 radical (unpaired) electrons. The van der Waals surface area contributed by atoms with Crippen LogP contribution in [0.3, 0.4) is 0 Å². The van der Waals surface area contributed by atoms with Gasteiger partial charge >= 0.3 is 5.97 Å². The van der Waals surface area contributed by atoms with Gasteiger partial charge in [-0.05, 0) is 31.1 Å². The Morgan fingerprint density at radius 1 is 1.22 bits per heavy atom. The molecule has 1 saturated heterocycles. The van der Waals surface area contributed by atoms with Gasteiger partial charge in [0.25, 0.3) is 0 Å². The van der Waals surface area contributed by atoms with Crippen molar-refractivity contribution in [3.05, 3.63) is 11.9 Å². The summed E-state index contributed by atoms with van der Waals surface area (Å²) in [5.74, 6) is -0.604. The van der Waals surface area contributed by atoms with Crippen LogP contribution in [0.1, 0.15) is 70.5 Å². The molecule has 1 aliphatic carbocycles. The average molecular weight is 450 g/mol. The van der Waals surface area contributed by atoms with Crippen LogP contribution in [0.15, 0.2) is 6.20 Å². The minimum absolute atomic E-state index is 0.0709. The van der Waals surface area contributed by atoms with Gasteiger partial charge in [0.1, 0.15) is 12.1 Å². The van der Waals surface area contributed by atoms with E-state index in [1.54, 1.807) is 4.68 Å². The molecule has 3 atom stereocenters. The smallest absolute Gasteiger partial charge is 0.308 e. The second-order valence-corrected chi connectivity index (χ2v) is 9.97. The fourth-order valence-corrected chi connectivity index (χ4v) is 4.91. The number of likely N-dealkylation sites (N-methyl/N-ethyl adjacent to an activating group) is 1. The molecular weight excluding hydrogens is 414 g/mol. The maximum absolute atomic E-state index is 13.6. The maximum Gasteiger partial charge on any atom is 0.308 e. The van der Waals surface area contributed by atoms with Gasteiger partial charge in [-0.2, -0.15) is 0 Å². The van der Waals surface area contributed by atoms with Crippen molar-refractivity contribution in [3.63, 3.8) is 0 Å². The Bertz CT molecular complexity index is 840. The zero-order valence-corrected chi connectivity index (χ0v) is 19.6. The molecular formula is C22H35N5O5. The van der Waals surface area contributed by atoms with Crippen LogP contribution in [0.2, 0.25) is 0 Å². The molecule has 2 aliphatic rings. The number of carbonyl (C=O) groups excluding carboxylic acids is 3. The first-order chi connectivity index (χ1) is 15.1. The number of carbonyl (C=O) groups is 3. The number of aromatic nitrogens is 3. The van der Waals surface area contributed by atoms with E-state index in [-0.39, 0.29) is 42.6 Å². The SMILES string of the molecule is CNC(=O)[C@H]1C[C@H](O)CN1C(=O)[C@@H](n1cc(C2CCC(C(=O)OC)CC2)nn1)C(C)(C)C. The van der Waals surface area contributed by atoms with Crippen molar-refractivity contribution in [2.24, 2.45) is 11.3 Å². The molecule has 0 unspecified atom stereocenters. The first-order valence-corrected chi connectivity index (χ1v) is 11.3. The standard InChI is InChI=1S/C22H35N5O5/c1-22(2,3)18(20(30)26-11-15(28)10-17(26)19(29)23-4)27-12-16(24-25-27)13-6-8-14(9-7-13)21(31)32-5/h12-15,17-18,28H,6-11H2,1-5H3,(H,23,29)/t13?,14?,15-,17+,18+/m0/s1. The van der Waals surface area contributed by atoms with Crippen LogP contribution >= 0.6 is 0 Å². The number of aliphatic hydroxyl groups is 1. The van der Waals surface area contributed by atoms with Gasteiger partial charge in [0.2, 0.25) is 11.8 Å². The van der Waals surface area contributed by atoms with Crippen LogP contribution in [0.5, 0.6) is 0 Å². The number of rotatable bonds is 5. The zero-order valence-electron chi connectivity index (χ0n) is 19.6. The lowest BCUT2D eigenvalue weighted by atomic mass is 9.80. The van der Waals surface area contributed by atoms with E-state index in [2.05, 4.69) is 15.6 Å². The predicted octanol–water partition coefficient (Wildman–Crippen LogP) is 1.02. The molecule has 178 valence electrons. The van der Waals surface area contributed by atoms with E-state index in [4.69, 9.17) is 4.74 Å². The second-order valence-electron chi connectivity index (χ2n) is 9.97. The molecule has 1 saturated carbocycles. The highest BCUT2D eigenvalue weighted by Gasteiger charge is 2.45. The predicted molar refractivity (Wildman–Crippen MR) is 115 cm³/mol. The van der Waals surface area contributed by atoms with Crippen molar-refractivity contribution in [3.8, 4) is 0 Å². The molecule has 2 N–H and O–H groups in total. The van der Waals surface area contributed by atoms with Crippen LogP contribution < -0.4 is 5.32 Å². The second kappa shape index (κ2) is 9.56. The topological polar surface area (TPSA) is 127 Å². The molecule has 0 spiro atoms. The van der Waals surface area contributed by atoms with Crippen molar-refractivity contribution >= 4 is 17.8 Å². The lowest BCUT2D eigenvalue weighted by Gasteiger charge is -2.34. The van der Waals surface area contributed by atoms with E-state index in [1.165, 1.54) is 19.1 Å². The Balaban J connectivity index is 1.79. The highest BCUT2D eigenvalue weighted by atomic mass is 16.5. The number of amides is 2. The van der Waals surface area contributed by atoms with Crippen molar-refractivity contribution in [1.29, 1.82) is 0 Å². The molecule has 1 aromatic rings. The van der Waals surface area contributed by atoms with Crippen LogP contribution in [0, 0.1) is 11.3 Å². The van der Waals surface area contributed by atoms with Crippen molar-refractivity contribution in [2.45, 2.75) is 77.0 Å². The summed E-state index contributed by atoms with van der Waals surface area (Å²) in [4.78, 5) is 39.2. The molecule has 10 nitrogen and oxygen atoms in total. The zero-order chi connectivity index (χ0) is 23.6. The Morgan fingerprint density at radius 3 is 2.44 bits per heavy atom. The number of β-amino-alcohol motifs (C(OH)–C–C–N with tert-alkyl or cyclic N) is 1. The number of nitrogens with zero attached hydrogens (tertiary/aromatic N) is 4. The van der Waals surface area contributed by atoms with Crippen molar-refractivity contribution in [2.75, 3.05) is 20.7 Å². The first-order valence-electron chi connectivity index (χ1n) is 11.3. The molecule has 32 heavy (non-hydrogen) atoms.